The summed E-state index contributed by atoms with van der Waals surface area (Å²) in [7, 11) is 0. The minimum Gasteiger partial charge on any atom is -0.318 e. The number of amides is 2. The Morgan fingerprint density at radius 1 is 0.864 bits per heavy atom. The molecule has 0 atom stereocenters. The molecule has 0 aliphatic heterocycles. The molecule has 0 spiro atoms. The maximum Gasteiger partial charge on any atom is 0.314 e. The average molecular weight is 364 g/mol. The second-order valence-corrected chi connectivity index (χ2v) is 5.13. The van der Waals surface area contributed by atoms with Crippen molar-refractivity contribution in [3.05, 3.63) is 63.1 Å². The monoisotopic (exact) mass is 363 g/mol. The fraction of sp³-hybridized carbons (Fsp3) is 0. The molecule has 0 aromatic heterocycles. The van der Waals surface area contributed by atoms with Crippen LogP contribution in [0.1, 0.15) is 0 Å². The first-order chi connectivity index (χ1) is 10.5. The SMILES string of the molecule is O=C(Nc1ccc(Br)cc1)C(=O)Nc1ccc([N+](=O)[O-])cc1. The summed E-state index contributed by atoms with van der Waals surface area (Å²) in [5.41, 5.74) is 0.672. The Hall–Kier alpha value is -2.74. The number of carbonyl (C=O) groups is 2. The zero-order chi connectivity index (χ0) is 16.1. The standard InChI is InChI=1S/C14H10BrN3O4/c15-9-1-3-10(4-2-9)16-13(19)14(20)17-11-5-7-12(8-6-11)18(21)22/h1-8H,(H,16,19)(H,17,20). The first-order valence-electron chi connectivity index (χ1n) is 6.08. The summed E-state index contributed by atoms with van der Waals surface area (Å²) < 4.78 is 0.848. The number of hydrogen-bond acceptors (Lipinski definition) is 4. The lowest BCUT2D eigenvalue weighted by Crippen LogP contribution is -2.29. The Morgan fingerprint density at radius 3 is 1.68 bits per heavy atom. The third-order valence-corrected chi connectivity index (χ3v) is 3.17. The van der Waals surface area contributed by atoms with Crippen molar-refractivity contribution >= 4 is 44.8 Å². The molecule has 2 rings (SSSR count). The van der Waals surface area contributed by atoms with Gasteiger partial charge in [0.1, 0.15) is 0 Å². The molecule has 0 radical (unpaired) electrons. The van der Waals surface area contributed by atoms with Gasteiger partial charge in [-0.2, -0.15) is 0 Å². The van der Waals surface area contributed by atoms with E-state index in [1.165, 1.54) is 24.3 Å². The van der Waals surface area contributed by atoms with Crippen LogP contribution in [-0.2, 0) is 9.59 Å². The van der Waals surface area contributed by atoms with E-state index in [-0.39, 0.29) is 5.69 Å². The number of carbonyl (C=O) groups excluding carboxylic acids is 2. The van der Waals surface area contributed by atoms with E-state index in [0.29, 0.717) is 11.4 Å². The number of non-ortho nitro benzene ring substituents is 1. The fourth-order valence-corrected chi connectivity index (χ4v) is 1.84. The zero-order valence-corrected chi connectivity index (χ0v) is 12.7. The van der Waals surface area contributed by atoms with Gasteiger partial charge in [0.15, 0.2) is 0 Å². The van der Waals surface area contributed by atoms with Crippen LogP contribution in [0.4, 0.5) is 17.1 Å². The number of nitro groups is 1. The molecule has 8 heteroatoms. The number of halogens is 1. The maximum atomic E-state index is 11.7. The topological polar surface area (TPSA) is 101 Å². The Balaban J connectivity index is 1.97. The first kappa shape index (κ1) is 15.6. The quantitative estimate of drug-likeness (QED) is 0.497. The number of anilines is 2. The van der Waals surface area contributed by atoms with Crippen LogP contribution in [0.5, 0.6) is 0 Å². The normalized spacial score (nSPS) is 9.86. The van der Waals surface area contributed by atoms with Gasteiger partial charge in [0, 0.05) is 28.0 Å². The van der Waals surface area contributed by atoms with E-state index in [4.69, 9.17) is 0 Å². The van der Waals surface area contributed by atoms with Crippen LogP contribution in [0.3, 0.4) is 0 Å². The van der Waals surface area contributed by atoms with Crippen LogP contribution in [0.2, 0.25) is 0 Å². The summed E-state index contributed by atoms with van der Waals surface area (Å²) in [5.74, 6) is -1.70. The lowest BCUT2D eigenvalue weighted by atomic mass is 10.3. The Morgan fingerprint density at radius 2 is 1.27 bits per heavy atom. The Labute approximate surface area is 133 Å². The predicted octanol–water partition coefficient (Wildman–Crippen LogP) is 2.93. The van der Waals surface area contributed by atoms with Crippen molar-refractivity contribution in [1.82, 2.24) is 0 Å². The molecule has 0 aliphatic carbocycles. The zero-order valence-electron chi connectivity index (χ0n) is 11.1. The third-order valence-electron chi connectivity index (χ3n) is 2.64. The highest BCUT2D eigenvalue weighted by molar-refractivity contribution is 9.10. The lowest BCUT2D eigenvalue weighted by molar-refractivity contribution is -0.384. The second-order valence-electron chi connectivity index (χ2n) is 4.22. The van der Waals surface area contributed by atoms with Crippen LogP contribution in [0.25, 0.3) is 0 Å². The van der Waals surface area contributed by atoms with Crippen molar-refractivity contribution in [3.8, 4) is 0 Å². The summed E-state index contributed by atoms with van der Waals surface area (Å²) in [6, 6.07) is 11.9. The van der Waals surface area contributed by atoms with Crippen LogP contribution in [0.15, 0.2) is 53.0 Å². The Kier molecular flexibility index (Phi) is 4.84. The number of rotatable bonds is 3. The molecular formula is C14H10BrN3O4. The van der Waals surface area contributed by atoms with E-state index >= 15 is 0 Å². The second kappa shape index (κ2) is 6.81. The molecule has 2 aromatic carbocycles. The van der Waals surface area contributed by atoms with Gasteiger partial charge in [-0.05, 0) is 36.4 Å². The summed E-state index contributed by atoms with van der Waals surface area (Å²) in [5, 5.41) is 15.3. The molecule has 2 N–H and O–H groups in total. The van der Waals surface area contributed by atoms with Crippen molar-refractivity contribution in [2.45, 2.75) is 0 Å². The molecule has 0 saturated heterocycles. The molecule has 112 valence electrons. The van der Waals surface area contributed by atoms with Gasteiger partial charge in [-0.3, -0.25) is 19.7 Å². The predicted molar refractivity (Wildman–Crippen MR) is 84.5 cm³/mol. The molecule has 0 aliphatic rings. The van der Waals surface area contributed by atoms with Crippen LogP contribution in [0, 0.1) is 10.1 Å². The van der Waals surface area contributed by atoms with E-state index in [9.17, 15) is 19.7 Å². The molecule has 7 nitrogen and oxygen atoms in total. The molecule has 0 unspecified atom stereocenters. The minimum absolute atomic E-state index is 0.0997. The number of nitrogens with zero attached hydrogens (tertiary/aromatic N) is 1. The minimum atomic E-state index is -0.864. The van der Waals surface area contributed by atoms with Crippen molar-refractivity contribution in [2.75, 3.05) is 10.6 Å². The van der Waals surface area contributed by atoms with Crippen LogP contribution in [-0.4, -0.2) is 16.7 Å². The largest absolute Gasteiger partial charge is 0.318 e. The smallest absolute Gasteiger partial charge is 0.314 e. The summed E-state index contributed by atoms with van der Waals surface area (Å²) in [6.45, 7) is 0. The summed E-state index contributed by atoms with van der Waals surface area (Å²) >= 11 is 3.26. The molecule has 22 heavy (non-hydrogen) atoms. The van der Waals surface area contributed by atoms with Crippen molar-refractivity contribution < 1.29 is 14.5 Å². The molecule has 0 saturated carbocycles. The highest BCUT2D eigenvalue weighted by atomic mass is 79.9. The molecule has 0 heterocycles. The highest BCUT2D eigenvalue weighted by Gasteiger charge is 2.14. The van der Waals surface area contributed by atoms with Gasteiger partial charge in [0.05, 0.1) is 4.92 Å². The lowest BCUT2D eigenvalue weighted by Gasteiger charge is -2.06. The Bertz CT molecular complexity index is 714. The number of hydrogen-bond donors (Lipinski definition) is 2. The first-order valence-corrected chi connectivity index (χ1v) is 6.87. The van der Waals surface area contributed by atoms with Crippen molar-refractivity contribution in [3.63, 3.8) is 0 Å². The molecule has 0 fully saturated rings. The van der Waals surface area contributed by atoms with E-state index in [2.05, 4.69) is 26.6 Å². The van der Waals surface area contributed by atoms with Crippen molar-refractivity contribution in [2.24, 2.45) is 0 Å². The maximum absolute atomic E-state index is 11.7. The fourth-order valence-electron chi connectivity index (χ4n) is 1.58. The molecular weight excluding hydrogens is 354 g/mol. The van der Waals surface area contributed by atoms with E-state index < -0.39 is 16.7 Å². The van der Waals surface area contributed by atoms with Gasteiger partial charge in [0.25, 0.3) is 5.69 Å². The number of benzene rings is 2. The molecule has 0 bridgehead atoms. The average Bonchev–Trinajstić information content (AvgIpc) is 2.50. The van der Waals surface area contributed by atoms with Gasteiger partial charge >= 0.3 is 11.8 Å². The third kappa shape index (κ3) is 4.13. The van der Waals surface area contributed by atoms with E-state index in [0.717, 1.165) is 4.47 Å². The summed E-state index contributed by atoms with van der Waals surface area (Å²) in [4.78, 5) is 33.4. The van der Waals surface area contributed by atoms with Crippen LogP contribution >= 0.6 is 15.9 Å². The van der Waals surface area contributed by atoms with Gasteiger partial charge < -0.3 is 10.6 Å². The number of nitrogens with one attached hydrogen (secondary N) is 2. The molecule has 2 amide bonds. The highest BCUT2D eigenvalue weighted by Crippen LogP contribution is 2.16. The van der Waals surface area contributed by atoms with Gasteiger partial charge in [-0.25, -0.2) is 0 Å². The van der Waals surface area contributed by atoms with E-state index in [1.807, 2.05) is 0 Å². The van der Waals surface area contributed by atoms with E-state index in [1.54, 1.807) is 24.3 Å². The summed E-state index contributed by atoms with van der Waals surface area (Å²) in [6.07, 6.45) is 0. The van der Waals surface area contributed by atoms with Gasteiger partial charge in [0.2, 0.25) is 0 Å². The van der Waals surface area contributed by atoms with Crippen LogP contribution < -0.4 is 10.6 Å². The van der Waals surface area contributed by atoms with Gasteiger partial charge in [-0.1, -0.05) is 15.9 Å². The van der Waals surface area contributed by atoms with Gasteiger partial charge in [-0.15, -0.1) is 0 Å². The number of nitro benzene ring substituents is 1. The molecule has 2 aromatic rings. The van der Waals surface area contributed by atoms with Crippen molar-refractivity contribution in [1.29, 1.82) is 0 Å².